The standard InChI is InChI=1S/C17H19FN4O3/c1-19-16-15(20-5-6-21-16)14-10-22(7-8-25-14)17(23)11-3-4-13(24-2)12(18)9-11/h3-6,9,14H,7-8,10H2,1-2H3,(H,19,21). The number of hydrogen-bond donors (Lipinski definition) is 1. The van der Waals surface area contributed by atoms with Gasteiger partial charge >= 0.3 is 0 Å². The first-order valence-electron chi connectivity index (χ1n) is 7.87. The molecule has 1 amide bonds. The van der Waals surface area contributed by atoms with Crippen LogP contribution in [-0.2, 0) is 4.74 Å². The number of morpholine rings is 1. The quantitative estimate of drug-likeness (QED) is 0.911. The first kappa shape index (κ1) is 17.1. The van der Waals surface area contributed by atoms with E-state index >= 15 is 0 Å². The number of ether oxygens (including phenoxy) is 2. The SMILES string of the molecule is CNc1nccnc1C1CN(C(=O)c2ccc(OC)c(F)c2)CCO1. The van der Waals surface area contributed by atoms with Gasteiger partial charge in [0.05, 0.1) is 20.3 Å². The van der Waals surface area contributed by atoms with E-state index in [1.54, 1.807) is 30.4 Å². The van der Waals surface area contributed by atoms with Crippen LogP contribution in [0.15, 0.2) is 30.6 Å². The molecule has 1 aromatic heterocycles. The van der Waals surface area contributed by atoms with Gasteiger partial charge in [-0.15, -0.1) is 0 Å². The van der Waals surface area contributed by atoms with E-state index in [1.165, 1.54) is 19.2 Å². The van der Waals surface area contributed by atoms with Gasteiger partial charge in [-0.1, -0.05) is 0 Å². The molecule has 0 aliphatic carbocycles. The highest BCUT2D eigenvalue weighted by atomic mass is 19.1. The molecule has 1 fully saturated rings. The molecule has 132 valence electrons. The lowest BCUT2D eigenvalue weighted by atomic mass is 10.1. The van der Waals surface area contributed by atoms with Gasteiger partial charge < -0.3 is 19.7 Å². The molecule has 0 saturated carbocycles. The van der Waals surface area contributed by atoms with Crippen LogP contribution < -0.4 is 10.1 Å². The zero-order valence-corrected chi connectivity index (χ0v) is 14.0. The van der Waals surface area contributed by atoms with Gasteiger partial charge in [0, 0.05) is 31.5 Å². The Balaban J connectivity index is 1.79. The normalized spacial score (nSPS) is 17.2. The molecule has 1 saturated heterocycles. The molecule has 2 aromatic rings. The highest BCUT2D eigenvalue weighted by molar-refractivity contribution is 5.94. The first-order chi connectivity index (χ1) is 12.1. The van der Waals surface area contributed by atoms with Gasteiger partial charge in [0.1, 0.15) is 17.6 Å². The van der Waals surface area contributed by atoms with Gasteiger partial charge in [-0.25, -0.2) is 9.37 Å². The second-order valence-corrected chi connectivity index (χ2v) is 5.50. The number of carbonyl (C=O) groups is 1. The zero-order chi connectivity index (χ0) is 17.8. The summed E-state index contributed by atoms with van der Waals surface area (Å²) in [6.07, 6.45) is 2.78. The van der Waals surface area contributed by atoms with Crippen LogP contribution in [0, 0.1) is 5.82 Å². The summed E-state index contributed by atoms with van der Waals surface area (Å²) in [7, 11) is 3.13. The number of nitrogens with zero attached hydrogens (tertiary/aromatic N) is 3. The van der Waals surface area contributed by atoms with Crippen molar-refractivity contribution in [3.8, 4) is 5.75 Å². The molecule has 0 bridgehead atoms. The Bertz CT molecular complexity index is 771. The Kier molecular flexibility index (Phi) is 5.08. The molecule has 1 unspecified atom stereocenters. The van der Waals surface area contributed by atoms with Gasteiger partial charge in [0.15, 0.2) is 11.6 Å². The lowest BCUT2D eigenvalue weighted by Crippen LogP contribution is -2.42. The smallest absolute Gasteiger partial charge is 0.254 e. The van der Waals surface area contributed by atoms with Gasteiger partial charge in [0.25, 0.3) is 5.91 Å². The number of anilines is 1. The molecule has 1 N–H and O–H groups in total. The van der Waals surface area contributed by atoms with Crippen molar-refractivity contribution in [2.24, 2.45) is 0 Å². The average Bonchev–Trinajstić information content (AvgIpc) is 2.67. The Hall–Kier alpha value is -2.74. The number of aromatic nitrogens is 2. The largest absolute Gasteiger partial charge is 0.494 e. The van der Waals surface area contributed by atoms with Crippen LogP contribution in [0.2, 0.25) is 0 Å². The first-order valence-corrected chi connectivity index (χ1v) is 7.87. The van der Waals surface area contributed by atoms with Crippen molar-refractivity contribution in [1.29, 1.82) is 0 Å². The molecule has 0 spiro atoms. The summed E-state index contributed by atoms with van der Waals surface area (Å²) < 4.78 is 24.5. The summed E-state index contributed by atoms with van der Waals surface area (Å²) >= 11 is 0. The van der Waals surface area contributed by atoms with E-state index in [9.17, 15) is 9.18 Å². The van der Waals surface area contributed by atoms with Crippen LogP contribution >= 0.6 is 0 Å². The van der Waals surface area contributed by atoms with Crippen LogP contribution in [0.4, 0.5) is 10.2 Å². The Morgan fingerprint density at radius 3 is 2.92 bits per heavy atom. The van der Waals surface area contributed by atoms with Gasteiger partial charge in [0.2, 0.25) is 0 Å². The Labute approximate surface area is 144 Å². The summed E-state index contributed by atoms with van der Waals surface area (Å²) in [4.78, 5) is 22.8. The van der Waals surface area contributed by atoms with E-state index in [2.05, 4.69) is 15.3 Å². The van der Waals surface area contributed by atoms with Crippen LogP contribution in [0.5, 0.6) is 5.75 Å². The highest BCUT2D eigenvalue weighted by Crippen LogP contribution is 2.26. The molecular formula is C17H19FN4O3. The number of carbonyl (C=O) groups excluding carboxylic acids is 1. The van der Waals surface area contributed by atoms with Crippen molar-refractivity contribution in [3.05, 3.63) is 47.7 Å². The molecule has 1 aromatic carbocycles. The van der Waals surface area contributed by atoms with Crippen LogP contribution in [-0.4, -0.2) is 54.6 Å². The lowest BCUT2D eigenvalue weighted by molar-refractivity contribution is -0.0245. The Morgan fingerprint density at radius 2 is 2.20 bits per heavy atom. The number of rotatable bonds is 4. The lowest BCUT2D eigenvalue weighted by Gasteiger charge is -2.33. The second-order valence-electron chi connectivity index (χ2n) is 5.50. The zero-order valence-electron chi connectivity index (χ0n) is 14.0. The highest BCUT2D eigenvalue weighted by Gasteiger charge is 2.29. The van der Waals surface area contributed by atoms with E-state index < -0.39 is 11.9 Å². The second kappa shape index (κ2) is 7.43. The van der Waals surface area contributed by atoms with Crippen molar-refractivity contribution < 1.29 is 18.7 Å². The molecule has 8 heteroatoms. The van der Waals surface area contributed by atoms with Crippen LogP contribution in [0.3, 0.4) is 0 Å². The predicted octanol–water partition coefficient (Wildman–Crippen LogP) is 1.88. The van der Waals surface area contributed by atoms with E-state index in [1.807, 2.05) is 0 Å². The van der Waals surface area contributed by atoms with Gasteiger partial charge in [-0.3, -0.25) is 9.78 Å². The summed E-state index contributed by atoms with van der Waals surface area (Å²) in [5.41, 5.74) is 0.912. The van der Waals surface area contributed by atoms with Crippen molar-refractivity contribution in [2.75, 3.05) is 39.2 Å². The van der Waals surface area contributed by atoms with Crippen molar-refractivity contribution in [3.63, 3.8) is 0 Å². The molecule has 3 rings (SSSR count). The summed E-state index contributed by atoms with van der Waals surface area (Å²) in [6, 6.07) is 4.19. The Morgan fingerprint density at radius 1 is 1.40 bits per heavy atom. The minimum Gasteiger partial charge on any atom is -0.494 e. The topological polar surface area (TPSA) is 76.6 Å². The third kappa shape index (κ3) is 3.53. The third-order valence-electron chi connectivity index (χ3n) is 4.02. The minimum atomic E-state index is -0.565. The minimum absolute atomic E-state index is 0.106. The fourth-order valence-corrected chi connectivity index (χ4v) is 2.76. The summed E-state index contributed by atoms with van der Waals surface area (Å²) in [5.74, 6) is -0.110. The number of halogens is 1. The maximum Gasteiger partial charge on any atom is 0.254 e. The summed E-state index contributed by atoms with van der Waals surface area (Å²) in [6.45, 7) is 1.12. The fraction of sp³-hybridized carbons (Fsp3) is 0.353. The van der Waals surface area contributed by atoms with E-state index in [-0.39, 0.29) is 17.2 Å². The van der Waals surface area contributed by atoms with Crippen molar-refractivity contribution in [1.82, 2.24) is 14.9 Å². The number of nitrogens with one attached hydrogen (secondary N) is 1. The van der Waals surface area contributed by atoms with E-state index in [4.69, 9.17) is 9.47 Å². The monoisotopic (exact) mass is 346 g/mol. The maximum atomic E-state index is 13.9. The number of hydrogen-bond acceptors (Lipinski definition) is 6. The van der Waals surface area contributed by atoms with Crippen LogP contribution in [0.1, 0.15) is 22.2 Å². The average molecular weight is 346 g/mol. The maximum absolute atomic E-state index is 13.9. The third-order valence-corrected chi connectivity index (χ3v) is 4.02. The predicted molar refractivity (Wildman–Crippen MR) is 89.1 cm³/mol. The van der Waals surface area contributed by atoms with Crippen molar-refractivity contribution in [2.45, 2.75) is 6.10 Å². The molecule has 1 aliphatic rings. The molecule has 7 nitrogen and oxygen atoms in total. The van der Waals surface area contributed by atoms with E-state index in [0.717, 1.165) is 0 Å². The number of benzene rings is 1. The number of amides is 1. The molecular weight excluding hydrogens is 327 g/mol. The molecule has 1 aliphatic heterocycles. The molecule has 25 heavy (non-hydrogen) atoms. The van der Waals surface area contributed by atoms with E-state index in [0.29, 0.717) is 31.2 Å². The van der Waals surface area contributed by atoms with Crippen LogP contribution in [0.25, 0.3) is 0 Å². The molecule has 0 radical (unpaired) electrons. The van der Waals surface area contributed by atoms with Gasteiger partial charge in [-0.05, 0) is 18.2 Å². The molecule has 2 heterocycles. The van der Waals surface area contributed by atoms with Gasteiger partial charge in [-0.2, -0.15) is 0 Å². The summed E-state index contributed by atoms with van der Waals surface area (Å²) in [5, 5.41) is 2.97. The van der Waals surface area contributed by atoms with Crippen molar-refractivity contribution >= 4 is 11.7 Å². The fourth-order valence-electron chi connectivity index (χ4n) is 2.76. The number of methoxy groups -OCH3 is 1. The molecule has 1 atom stereocenters.